The fraction of sp³-hybridized carbons (Fsp3) is 0.846. The maximum Gasteiger partial charge on any atom is 0.243 e. The van der Waals surface area contributed by atoms with E-state index in [9.17, 15) is 4.79 Å². The van der Waals surface area contributed by atoms with Gasteiger partial charge in [0, 0.05) is 31.9 Å². The van der Waals surface area contributed by atoms with Gasteiger partial charge in [-0.25, -0.2) is 4.99 Å². The van der Waals surface area contributed by atoms with Crippen molar-refractivity contribution >= 4 is 47.6 Å². The van der Waals surface area contributed by atoms with E-state index in [4.69, 9.17) is 0 Å². The predicted molar refractivity (Wildman–Crippen MR) is 100 cm³/mol. The number of hydrogen-bond donors (Lipinski definition) is 2. The fourth-order valence-electron chi connectivity index (χ4n) is 1.10. The van der Waals surface area contributed by atoms with Crippen LogP contribution in [-0.2, 0) is 4.79 Å². The van der Waals surface area contributed by atoms with Crippen LogP contribution < -0.4 is 10.6 Å². The lowest BCUT2D eigenvalue weighted by molar-refractivity contribution is -0.127. The van der Waals surface area contributed by atoms with Gasteiger partial charge in [-0.1, -0.05) is 13.8 Å². The van der Waals surface area contributed by atoms with Crippen molar-refractivity contribution in [3.8, 4) is 0 Å². The van der Waals surface area contributed by atoms with Gasteiger partial charge in [0.15, 0.2) is 5.96 Å². The summed E-state index contributed by atoms with van der Waals surface area (Å²) < 4.78 is 0. The second-order valence-corrected chi connectivity index (χ2v) is 6.11. The minimum Gasteiger partial charge on any atom is -0.355 e. The molecule has 0 spiro atoms. The monoisotopic (exact) mass is 416 g/mol. The van der Waals surface area contributed by atoms with E-state index in [0.717, 1.165) is 13.0 Å². The SMILES string of the molecule is CCC(C)NC(=NCC(=O)N(C)C)NCC(C)SC.I. The molecule has 0 rings (SSSR count). The van der Waals surface area contributed by atoms with Crippen LogP contribution in [0.5, 0.6) is 0 Å². The summed E-state index contributed by atoms with van der Waals surface area (Å²) in [6.07, 6.45) is 3.10. The van der Waals surface area contributed by atoms with E-state index in [2.05, 4.69) is 42.7 Å². The number of carbonyl (C=O) groups is 1. The third kappa shape index (κ3) is 10.6. The Morgan fingerprint density at radius 1 is 1.35 bits per heavy atom. The number of aliphatic imine (C=N–C) groups is 1. The number of thioether (sulfide) groups is 1. The highest BCUT2D eigenvalue weighted by Gasteiger charge is 2.08. The second kappa shape index (κ2) is 12.6. The van der Waals surface area contributed by atoms with Crippen molar-refractivity contribution in [3.63, 3.8) is 0 Å². The Hall–Kier alpha value is -0.180. The average molecular weight is 416 g/mol. The van der Waals surface area contributed by atoms with Crippen LogP contribution in [0.2, 0.25) is 0 Å². The van der Waals surface area contributed by atoms with Crippen LogP contribution >= 0.6 is 35.7 Å². The van der Waals surface area contributed by atoms with Crippen molar-refractivity contribution in [3.05, 3.63) is 0 Å². The van der Waals surface area contributed by atoms with E-state index in [1.165, 1.54) is 0 Å². The summed E-state index contributed by atoms with van der Waals surface area (Å²) in [4.78, 5) is 17.4. The standard InChI is InChI=1S/C13H28N4OS.HI/c1-7-10(2)16-13(14-8-11(3)19-6)15-9-12(18)17(4)5;/h10-11H,7-9H2,1-6H3,(H2,14,15,16);1H. The van der Waals surface area contributed by atoms with Gasteiger partial charge < -0.3 is 15.5 Å². The number of rotatable bonds is 7. The first-order chi connectivity index (χ1) is 8.90. The van der Waals surface area contributed by atoms with E-state index < -0.39 is 0 Å². The van der Waals surface area contributed by atoms with Gasteiger partial charge in [-0.15, -0.1) is 24.0 Å². The first-order valence-corrected chi connectivity index (χ1v) is 7.97. The molecule has 0 aromatic rings. The molecule has 2 unspecified atom stereocenters. The van der Waals surface area contributed by atoms with E-state index in [-0.39, 0.29) is 36.4 Å². The van der Waals surface area contributed by atoms with Gasteiger partial charge in [-0.05, 0) is 19.6 Å². The van der Waals surface area contributed by atoms with E-state index in [0.29, 0.717) is 17.3 Å². The Morgan fingerprint density at radius 2 is 1.95 bits per heavy atom. The van der Waals surface area contributed by atoms with Crippen molar-refractivity contribution in [1.29, 1.82) is 0 Å². The molecule has 0 saturated carbocycles. The first kappa shape index (κ1) is 22.1. The number of guanidine groups is 1. The Morgan fingerprint density at radius 3 is 2.40 bits per heavy atom. The maximum atomic E-state index is 11.6. The van der Waals surface area contributed by atoms with Crippen LogP contribution in [0.25, 0.3) is 0 Å². The third-order valence-corrected chi connectivity index (χ3v) is 3.80. The Labute approximate surface area is 144 Å². The summed E-state index contributed by atoms with van der Waals surface area (Å²) in [5.74, 6) is 0.716. The van der Waals surface area contributed by atoms with Crippen LogP contribution in [0.15, 0.2) is 4.99 Å². The van der Waals surface area contributed by atoms with Crippen molar-refractivity contribution in [2.24, 2.45) is 4.99 Å². The van der Waals surface area contributed by atoms with Crippen LogP contribution in [0.1, 0.15) is 27.2 Å². The number of halogens is 1. The molecular weight excluding hydrogens is 387 g/mol. The molecule has 5 nitrogen and oxygen atoms in total. The molecule has 0 aromatic carbocycles. The van der Waals surface area contributed by atoms with E-state index in [1.54, 1.807) is 30.8 Å². The Kier molecular flexibility index (Phi) is 13.9. The van der Waals surface area contributed by atoms with Crippen LogP contribution in [0.4, 0.5) is 0 Å². The number of carbonyl (C=O) groups excluding carboxylic acids is 1. The molecule has 2 atom stereocenters. The smallest absolute Gasteiger partial charge is 0.243 e. The average Bonchev–Trinajstić information content (AvgIpc) is 2.40. The van der Waals surface area contributed by atoms with E-state index in [1.807, 2.05) is 0 Å². The van der Waals surface area contributed by atoms with Gasteiger partial charge in [0.1, 0.15) is 6.54 Å². The zero-order valence-electron chi connectivity index (χ0n) is 13.4. The normalized spacial score (nSPS) is 14.0. The Bertz CT molecular complexity index is 300. The number of nitrogens with one attached hydrogen (secondary N) is 2. The van der Waals surface area contributed by atoms with Crippen molar-refractivity contribution in [1.82, 2.24) is 15.5 Å². The molecule has 7 heteroatoms. The molecule has 0 saturated heterocycles. The highest BCUT2D eigenvalue weighted by Crippen LogP contribution is 2.02. The lowest BCUT2D eigenvalue weighted by Gasteiger charge is -2.19. The number of nitrogens with zero attached hydrogens (tertiary/aromatic N) is 2. The van der Waals surface area contributed by atoms with Gasteiger partial charge in [0.05, 0.1) is 0 Å². The number of likely N-dealkylation sites (N-methyl/N-ethyl adjacent to an activating group) is 1. The molecule has 0 fully saturated rings. The predicted octanol–water partition coefficient (Wildman–Crippen LogP) is 1.78. The van der Waals surface area contributed by atoms with Crippen LogP contribution in [-0.4, -0.2) is 61.5 Å². The molecule has 120 valence electrons. The minimum atomic E-state index is 0. The highest BCUT2D eigenvalue weighted by molar-refractivity contribution is 14.0. The van der Waals surface area contributed by atoms with Crippen LogP contribution in [0.3, 0.4) is 0 Å². The fourth-order valence-corrected chi connectivity index (χ4v) is 1.35. The van der Waals surface area contributed by atoms with Gasteiger partial charge >= 0.3 is 0 Å². The van der Waals surface area contributed by atoms with Gasteiger partial charge in [-0.2, -0.15) is 11.8 Å². The summed E-state index contributed by atoms with van der Waals surface area (Å²) in [5, 5.41) is 7.08. The molecule has 0 radical (unpaired) electrons. The third-order valence-electron chi connectivity index (χ3n) is 2.83. The largest absolute Gasteiger partial charge is 0.355 e. The molecule has 2 N–H and O–H groups in total. The molecule has 0 heterocycles. The van der Waals surface area contributed by atoms with Crippen molar-refractivity contribution in [2.45, 2.75) is 38.5 Å². The molecule has 0 bridgehead atoms. The highest BCUT2D eigenvalue weighted by atomic mass is 127. The zero-order chi connectivity index (χ0) is 14.8. The van der Waals surface area contributed by atoms with E-state index >= 15 is 0 Å². The number of hydrogen-bond acceptors (Lipinski definition) is 3. The quantitative estimate of drug-likeness (QED) is 0.378. The number of amides is 1. The molecule has 20 heavy (non-hydrogen) atoms. The summed E-state index contributed by atoms with van der Waals surface area (Å²) in [7, 11) is 3.48. The maximum absolute atomic E-state index is 11.6. The van der Waals surface area contributed by atoms with Crippen LogP contribution in [0, 0.1) is 0 Å². The molecule has 0 aliphatic rings. The second-order valence-electron chi connectivity index (χ2n) is 4.83. The van der Waals surface area contributed by atoms with Crippen molar-refractivity contribution < 1.29 is 4.79 Å². The summed E-state index contributed by atoms with van der Waals surface area (Å²) >= 11 is 1.80. The molecular formula is C13H29IN4OS. The zero-order valence-corrected chi connectivity index (χ0v) is 16.5. The topological polar surface area (TPSA) is 56.7 Å². The summed E-state index contributed by atoms with van der Waals surface area (Å²) in [6, 6.07) is 0.338. The summed E-state index contributed by atoms with van der Waals surface area (Å²) in [6.45, 7) is 7.38. The summed E-state index contributed by atoms with van der Waals surface area (Å²) in [5.41, 5.74) is 0. The lowest BCUT2D eigenvalue weighted by Crippen LogP contribution is -2.44. The molecule has 0 aliphatic carbocycles. The first-order valence-electron chi connectivity index (χ1n) is 6.68. The minimum absolute atomic E-state index is 0. The Balaban J connectivity index is 0. The molecule has 0 aromatic heterocycles. The molecule has 1 amide bonds. The van der Waals surface area contributed by atoms with Gasteiger partial charge in [-0.3, -0.25) is 4.79 Å². The van der Waals surface area contributed by atoms with Gasteiger partial charge in [0.25, 0.3) is 0 Å². The van der Waals surface area contributed by atoms with Crippen molar-refractivity contribution in [2.75, 3.05) is 33.4 Å². The molecule has 0 aliphatic heterocycles. The lowest BCUT2D eigenvalue weighted by atomic mass is 10.3. The van der Waals surface area contributed by atoms with Gasteiger partial charge in [0.2, 0.25) is 5.91 Å².